The smallest absolute Gasteiger partial charge is 0.253 e. The zero-order chi connectivity index (χ0) is 14.4. The highest BCUT2D eigenvalue weighted by Gasteiger charge is 2.17. The van der Waals surface area contributed by atoms with Crippen LogP contribution in [0.3, 0.4) is 0 Å². The second kappa shape index (κ2) is 7.36. The third-order valence-corrected chi connectivity index (χ3v) is 3.01. The molecule has 106 valence electrons. The number of halogens is 1. The molecular formula is C14H21ClN2O2. The molecule has 0 radical (unpaired) electrons. The van der Waals surface area contributed by atoms with Crippen molar-refractivity contribution in [3.8, 4) is 0 Å². The summed E-state index contributed by atoms with van der Waals surface area (Å²) in [5, 5.41) is 0.405. The van der Waals surface area contributed by atoms with Gasteiger partial charge in [-0.15, -0.1) is 0 Å². The molecule has 19 heavy (non-hydrogen) atoms. The molecule has 0 atom stereocenters. The van der Waals surface area contributed by atoms with Gasteiger partial charge in [-0.2, -0.15) is 0 Å². The van der Waals surface area contributed by atoms with Crippen LogP contribution < -0.4 is 5.73 Å². The Morgan fingerprint density at radius 1 is 1.47 bits per heavy atom. The van der Waals surface area contributed by atoms with Crippen LogP contribution in [0.15, 0.2) is 18.2 Å². The van der Waals surface area contributed by atoms with Crippen LogP contribution in [0.2, 0.25) is 5.02 Å². The predicted octanol–water partition coefficient (Wildman–Crippen LogP) is 2.67. The molecule has 0 aliphatic rings. The van der Waals surface area contributed by atoms with Crippen molar-refractivity contribution in [2.24, 2.45) is 5.92 Å². The van der Waals surface area contributed by atoms with E-state index in [1.807, 2.05) is 0 Å². The van der Waals surface area contributed by atoms with Crippen molar-refractivity contribution in [3.05, 3.63) is 28.8 Å². The van der Waals surface area contributed by atoms with Gasteiger partial charge < -0.3 is 15.4 Å². The fourth-order valence-corrected chi connectivity index (χ4v) is 1.94. The predicted molar refractivity (Wildman–Crippen MR) is 78.5 cm³/mol. The Labute approximate surface area is 119 Å². The molecule has 0 aliphatic carbocycles. The van der Waals surface area contributed by atoms with Crippen LogP contribution in [0.1, 0.15) is 24.2 Å². The minimum Gasteiger partial charge on any atom is -0.398 e. The number of carbonyl (C=O) groups excluding carboxylic acids is 1. The van der Waals surface area contributed by atoms with Gasteiger partial charge in [-0.3, -0.25) is 4.79 Å². The van der Waals surface area contributed by atoms with E-state index < -0.39 is 0 Å². The number of rotatable bonds is 6. The van der Waals surface area contributed by atoms with E-state index in [1.54, 1.807) is 30.2 Å². The summed E-state index contributed by atoms with van der Waals surface area (Å²) in [5.74, 6) is 0.345. The zero-order valence-electron chi connectivity index (χ0n) is 11.6. The van der Waals surface area contributed by atoms with Crippen LogP contribution in [-0.4, -0.2) is 37.6 Å². The van der Waals surface area contributed by atoms with E-state index in [4.69, 9.17) is 22.1 Å². The number of nitrogens with zero attached hydrogens (tertiary/aromatic N) is 1. The van der Waals surface area contributed by atoms with Crippen LogP contribution in [0.25, 0.3) is 0 Å². The molecule has 0 aromatic heterocycles. The third kappa shape index (κ3) is 4.73. The van der Waals surface area contributed by atoms with Crippen molar-refractivity contribution >= 4 is 23.2 Å². The number of carbonyl (C=O) groups is 1. The van der Waals surface area contributed by atoms with Crippen LogP contribution in [0.4, 0.5) is 5.69 Å². The average Bonchev–Trinajstić information content (AvgIpc) is 2.36. The summed E-state index contributed by atoms with van der Waals surface area (Å²) in [4.78, 5) is 14.2. The first-order chi connectivity index (χ1) is 8.95. The maximum Gasteiger partial charge on any atom is 0.253 e. The van der Waals surface area contributed by atoms with Crippen LogP contribution >= 0.6 is 11.6 Å². The number of hydrogen-bond donors (Lipinski definition) is 1. The summed E-state index contributed by atoms with van der Waals surface area (Å²) in [6.07, 6.45) is 0. The molecule has 4 nitrogen and oxygen atoms in total. The Morgan fingerprint density at radius 3 is 2.68 bits per heavy atom. The molecule has 0 bridgehead atoms. The molecule has 1 rings (SSSR count). The highest BCUT2D eigenvalue weighted by atomic mass is 35.5. The average molecular weight is 285 g/mol. The van der Waals surface area contributed by atoms with Gasteiger partial charge in [0, 0.05) is 25.8 Å². The quantitative estimate of drug-likeness (QED) is 0.817. The van der Waals surface area contributed by atoms with E-state index in [1.165, 1.54) is 0 Å². The summed E-state index contributed by atoms with van der Waals surface area (Å²) in [7, 11) is 1.62. The highest BCUT2D eigenvalue weighted by molar-refractivity contribution is 6.33. The molecule has 0 saturated heterocycles. The third-order valence-electron chi connectivity index (χ3n) is 2.69. The van der Waals surface area contributed by atoms with Gasteiger partial charge in [0.2, 0.25) is 0 Å². The molecule has 2 N–H and O–H groups in total. The molecule has 0 saturated carbocycles. The molecule has 1 aromatic rings. The first-order valence-corrected chi connectivity index (χ1v) is 6.66. The number of hydrogen-bond acceptors (Lipinski definition) is 3. The Kier molecular flexibility index (Phi) is 6.12. The maximum absolute atomic E-state index is 12.4. The number of methoxy groups -OCH3 is 1. The molecule has 0 spiro atoms. The van der Waals surface area contributed by atoms with E-state index in [0.29, 0.717) is 41.9 Å². The van der Waals surface area contributed by atoms with Crippen molar-refractivity contribution in [2.45, 2.75) is 13.8 Å². The first kappa shape index (κ1) is 15.8. The molecule has 0 unspecified atom stereocenters. The highest BCUT2D eigenvalue weighted by Crippen LogP contribution is 2.20. The Morgan fingerprint density at radius 2 is 2.16 bits per heavy atom. The van der Waals surface area contributed by atoms with E-state index >= 15 is 0 Å². The van der Waals surface area contributed by atoms with Gasteiger partial charge in [-0.25, -0.2) is 0 Å². The summed E-state index contributed by atoms with van der Waals surface area (Å²) in [6.45, 7) is 5.91. The lowest BCUT2D eigenvalue weighted by Crippen LogP contribution is -2.36. The minimum atomic E-state index is -0.0485. The summed E-state index contributed by atoms with van der Waals surface area (Å²) >= 11 is 5.95. The Balaban J connectivity index is 2.87. The van der Waals surface area contributed by atoms with Crippen molar-refractivity contribution in [1.82, 2.24) is 4.90 Å². The lowest BCUT2D eigenvalue weighted by molar-refractivity contribution is 0.0672. The van der Waals surface area contributed by atoms with Crippen LogP contribution in [0, 0.1) is 5.92 Å². The lowest BCUT2D eigenvalue weighted by atomic mass is 10.1. The summed E-state index contributed by atoms with van der Waals surface area (Å²) in [5.41, 5.74) is 6.68. The lowest BCUT2D eigenvalue weighted by Gasteiger charge is -2.24. The van der Waals surface area contributed by atoms with Crippen molar-refractivity contribution in [3.63, 3.8) is 0 Å². The van der Waals surface area contributed by atoms with E-state index in [0.717, 1.165) is 0 Å². The van der Waals surface area contributed by atoms with Crippen molar-refractivity contribution in [2.75, 3.05) is 32.5 Å². The van der Waals surface area contributed by atoms with Crippen LogP contribution in [-0.2, 0) is 4.74 Å². The van der Waals surface area contributed by atoms with Crippen molar-refractivity contribution < 1.29 is 9.53 Å². The maximum atomic E-state index is 12.4. The molecule has 0 aliphatic heterocycles. The Bertz CT molecular complexity index is 435. The van der Waals surface area contributed by atoms with E-state index in [-0.39, 0.29) is 5.91 Å². The largest absolute Gasteiger partial charge is 0.398 e. The molecule has 0 fully saturated rings. The molecule has 0 heterocycles. The van der Waals surface area contributed by atoms with E-state index in [9.17, 15) is 4.79 Å². The topological polar surface area (TPSA) is 55.6 Å². The fourth-order valence-electron chi connectivity index (χ4n) is 1.76. The number of anilines is 1. The van der Waals surface area contributed by atoms with Crippen molar-refractivity contribution in [1.29, 1.82) is 0 Å². The van der Waals surface area contributed by atoms with Crippen LogP contribution in [0.5, 0.6) is 0 Å². The second-order valence-corrected chi connectivity index (χ2v) is 5.28. The van der Waals surface area contributed by atoms with E-state index in [2.05, 4.69) is 13.8 Å². The Hall–Kier alpha value is -1.26. The van der Waals surface area contributed by atoms with Gasteiger partial charge in [0.25, 0.3) is 5.91 Å². The van der Waals surface area contributed by atoms with Gasteiger partial charge in [-0.05, 0) is 24.1 Å². The molecule has 1 amide bonds. The fraction of sp³-hybridized carbons (Fsp3) is 0.500. The van der Waals surface area contributed by atoms with Gasteiger partial charge in [-0.1, -0.05) is 25.4 Å². The monoisotopic (exact) mass is 284 g/mol. The van der Waals surface area contributed by atoms with Gasteiger partial charge in [0.05, 0.1) is 17.3 Å². The summed E-state index contributed by atoms with van der Waals surface area (Å²) < 4.78 is 5.04. The number of benzene rings is 1. The molecule has 1 aromatic carbocycles. The normalized spacial score (nSPS) is 10.8. The molecular weight excluding hydrogens is 264 g/mol. The molecule has 5 heteroatoms. The number of ether oxygens (including phenoxy) is 1. The standard InChI is InChI=1S/C14H21ClN2O2/c1-10(2)9-17(6-7-19-3)14(18)11-4-5-13(16)12(15)8-11/h4-5,8,10H,6-7,9,16H2,1-3H3. The van der Waals surface area contributed by atoms with Gasteiger partial charge in [0.15, 0.2) is 0 Å². The minimum absolute atomic E-state index is 0.0485. The second-order valence-electron chi connectivity index (χ2n) is 4.87. The SMILES string of the molecule is COCCN(CC(C)C)C(=O)c1ccc(N)c(Cl)c1. The zero-order valence-corrected chi connectivity index (χ0v) is 12.4. The first-order valence-electron chi connectivity index (χ1n) is 6.29. The van der Waals surface area contributed by atoms with Gasteiger partial charge in [0.1, 0.15) is 0 Å². The van der Waals surface area contributed by atoms with Gasteiger partial charge >= 0.3 is 0 Å². The number of nitrogen functional groups attached to an aromatic ring is 1. The number of nitrogens with two attached hydrogens (primary N) is 1. The number of amides is 1. The summed E-state index contributed by atoms with van der Waals surface area (Å²) in [6, 6.07) is 4.96.